The third-order valence-electron chi connectivity index (χ3n) is 2.61. The van der Waals surface area contributed by atoms with Gasteiger partial charge in [0.25, 0.3) is 0 Å². The monoisotopic (exact) mass is 184 g/mol. The number of thioether (sulfide) groups is 1. The largest absolute Gasteiger partial charge is 0.303 e. The van der Waals surface area contributed by atoms with E-state index in [1.54, 1.807) is 0 Å². The van der Waals surface area contributed by atoms with E-state index in [0.717, 1.165) is 0 Å². The first kappa shape index (κ1) is 8.57. The SMILES string of the molecule is C1=N[C@H](CCN2CCCC2)CS1. The third kappa shape index (κ3) is 2.23. The van der Waals surface area contributed by atoms with Gasteiger partial charge in [0.15, 0.2) is 0 Å². The fraction of sp³-hybridized carbons (Fsp3) is 0.889. The van der Waals surface area contributed by atoms with Gasteiger partial charge in [-0.1, -0.05) is 0 Å². The Labute approximate surface area is 78.4 Å². The molecule has 2 aliphatic heterocycles. The quantitative estimate of drug-likeness (QED) is 0.662. The van der Waals surface area contributed by atoms with E-state index in [-0.39, 0.29) is 0 Å². The summed E-state index contributed by atoms with van der Waals surface area (Å²) < 4.78 is 0. The van der Waals surface area contributed by atoms with Gasteiger partial charge in [0.1, 0.15) is 0 Å². The molecule has 0 unspecified atom stereocenters. The van der Waals surface area contributed by atoms with E-state index in [1.165, 1.54) is 44.6 Å². The molecule has 0 saturated carbocycles. The van der Waals surface area contributed by atoms with Gasteiger partial charge in [-0.05, 0) is 32.4 Å². The number of nitrogens with zero attached hydrogens (tertiary/aromatic N) is 2. The number of aliphatic imine (C=N–C) groups is 1. The van der Waals surface area contributed by atoms with Crippen LogP contribution in [-0.4, -0.2) is 41.9 Å². The molecule has 2 rings (SSSR count). The zero-order valence-corrected chi connectivity index (χ0v) is 8.22. The minimum atomic E-state index is 0.621. The first-order chi connectivity index (χ1) is 5.95. The van der Waals surface area contributed by atoms with Crippen LogP contribution in [-0.2, 0) is 0 Å². The molecule has 2 heterocycles. The maximum absolute atomic E-state index is 4.41. The normalized spacial score (nSPS) is 30.2. The Morgan fingerprint density at radius 3 is 2.92 bits per heavy atom. The molecule has 0 amide bonds. The van der Waals surface area contributed by atoms with E-state index >= 15 is 0 Å². The lowest BCUT2D eigenvalue weighted by atomic mass is 10.2. The molecule has 0 aromatic heterocycles. The molecule has 0 radical (unpaired) electrons. The van der Waals surface area contributed by atoms with Crippen molar-refractivity contribution in [1.29, 1.82) is 0 Å². The van der Waals surface area contributed by atoms with E-state index in [1.807, 2.05) is 17.3 Å². The third-order valence-corrected chi connectivity index (χ3v) is 3.46. The van der Waals surface area contributed by atoms with Crippen LogP contribution in [0.25, 0.3) is 0 Å². The lowest BCUT2D eigenvalue weighted by Gasteiger charge is -2.15. The van der Waals surface area contributed by atoms with E-state index in [9.17, 15) is 0 Å². The summed E-state index contributed by atoms with van der Waals surface area (Å²) in [6.45, 7) is 3.91. The number of likely N-dealkylation sites (tertiary alicyclic amines) is 1. The first-order valence-electron chi connectivity index (χ1n) is 4.81. The fourth-order valence-corrected chi connectivity index (χ4v) is 2.64. The molecule has 1 fully saturated rings. The van der Waals surface area contributed by atoms with Gasteiger partial charge in [0, 0.05) is 12.3 Å². The molecular weight excluding hydrogens is 168 g/mol. The molecular formula is C9H16N2S. The Bertz CT molecular complexity index is 164. The highest BCUT2D eigenvalue weighted by molar-refractivity contribution is 8.12. The summed E-state index contributed by atoms with van der Waals surface area (Å²) in [5.74, 6) is 1.22. The summed E-state index contributed by atoms with van der Waals surface area (Å²) in [5, 5.41) is 0. The van der Waals surface area contributed by atoms with E-state index in [2.05, 4.69) is 9.89 Å². The molecule has 0 aromatic rings. The second kappa shape index (κ2) is 4.28. The molecule has 1 atom stereocenters. The van der Waals surface area contributed by atoms with Crippen molar-refractivity contribution in [3.05, 3.63) is 0 Å². The highest BCUT2D eigenvalue weighted by atomic mass is 32.2. The Kier molecular flexibility index (Phi) is 3.06. The van der Waals surface area contributed by atoms with Crippen LogP contribution in [0.3, 0.4) is 0 Å². The molecule has 0 aliphatic carbocycles. The summed E-state index contributed by atoms with van der Waals surface area (Å²) in [5.41, 5.74) is 2.01. The molecule has 0 N–H and O–H groups in total. The standard InChI is InChI=1S/C9H16N2S/c1-2-5-11(4-1)6-3-9-7-12-8-10-9/h8-9H,1-7H2/t9-/m1/s1. The molecule has 68 valence electrons. The molecule has 0 bridgehead atoms. The molecule has 12 heavy (non-hydrogen) atoms. The summed E-state index contributed by atoms with van der Waals surface area (Å²) in [7, 11) is 0. The van der Waals surface area contributed by atoms with Crippen molar-refractivity contribution in [2.24, 2.45) is 4.99 Å². The van der Waals surface area contributed by atoms with Gasteiger partial charge in [-0.3, -0.25) is 4.99 Å². The molecule has 2 nitrogen and oxygen atoms in total. The Balaban J connectivity index is 1.63. The maximum atomic E-state index is 4.41. The number of rotatable bonds is 3. The summed E-state index contributed by atoms with van der Waals surface area (Å²) in [6.07, 6.45) is 4.08. The van der Waals surface area contributed by atoms with Crippen molar-refractivity contribution in [3.63, 3.8) is 0 Å². The van der Waals surface area contributed by atoms with Crippen LogP contribution in [0.15, 0.2) is 4.99 Å². The minimum absolute atomic E-state index is 0.621. The van der Waals surface area contributed by atoms with E-state index < -0.39 is 0 Å². The van der Waals surface area contributed by atoms with Crippen molar-refractivity contribution >= 4 is 17.3 Å². The molecule has 1 saturated heterocycles. The van der Waals surface area contributed by atoms with Gasteiger partial charge in [-0.15, -0.1) is 11.8 Å². The van der Waals surface area contributed by atoms with Crippen LogP contribution in [0.5, 0.6) is 0 Å². The second-order valence-corrected chi connectivity index (χ2v) is 4.46. The predicted octanol–water partition coefficient (Wildman–Crippen LogP) is 1.62. The second-order valence-electron chi connectivity index (χ2n) is 3.58. The average Bonchev–Trinajstić information content (AvgIpc) is 2.74. The van der Waals surface area contributed by atoms with Crippen LogP contribution in [0.2, 0.25) is 0 Å². The van der Waals surface area contributed by atoms with Gasteiger partial charge in [0.05, 0.1) is 11.6 Å². The van der Waals surface area contributed by atoms with E-state index in [4.69, 9.17) is 0 Å². The Morgan fingerprint density at radius 1 is 1.42 bits per heavy atom. The van der Waals surface area contributed by atoms with Gasteiger partial charge < -0.3 is 4.90 Å². The van der Waals surface area contributed by atoms with Gasteiger partial charge in [-0.2, -0.15) is 0 Å². The van der Waals surface area contributed by atoms with Crippen molar-refractivity contribution in [1.82, 2.24) is 4.90 Å². The van der Waals surface area contributed by atoms with Crippen LogP contribution < -0.4 is 0 Å². The topological polar surface area (TPSA) is 15.6 Å². The van der Waals surface area contributed by atoms with Crippen molar-refractivity contribution in [3.8, 4) is 0 Å². The van der Waals surface area contributed by atoms with Gasteiger partial charge in [0.2, 0.25) is 0 Å². The van der Waals surface area contributed by atoms with Crippen molar-refractivity contribution in [2.45, 2.75) is 25.3 Å². The number of hydrogen-bond donors (Lipinski definition) is 0. The van der Waals surface area contributed by atoms with Crippen LogP contribution in [0, 0.1) is 0 Å². The van der Waals surface area contributed by atoms with Gasteiger partial charge in [-0.25, -0.2) is 0 Å². The van der Waals surface area contributed by atoms with Gasteiger partial charge >= 0.3 is 0 Å². The lowest BCUT2D eigenvalue weighted by Crippen LogP contribution is -2.23. The predicted molar refractivity (Wildman–Crippen MR) is 55.0 cm³/mol. The van der Waals surface area contributed by atoms with Crippen LogP contribution in [0.1, 0.15) is 19.3 Å². The van der Waals surface area contributed by atoms with Crippen molar-refractivity contribution in [2.75, 3.05) is 25.4 Å². The highest BCUT2D eigenvalue weighted by Crippen LogP contribution is 2.16. The fourth-order valence-electron chi connectivity index (χ4n) is 1.82. The lowest BCUT2D eigenvalue weighted by molar-refractivity contribution is 0.326. The maximum Gasteiger partial charge on any atom is 0.0612 e. The molecule has 3 heteroatoms. The Morgan fingerprint density at radius 2 is 2.25 bits per heavy atom. The summed E-state index contributed by atoms with van der Waals surface area (Å²) in [6, 6.07) is 0.621. The first-order valence-corrected chi connectivity index (χ1v) is 5.85. The zero-order valence-electron chi connectivity index (χ0n) is 7.41. The molecule has 0 aromatic carbocycles. The highest BCUT2D eigenvalue weighted by Gasteiger charge is 2.15. The summed E-state index contributed by atoms with van der Waals surface area (Å²) >= 11 is 1.85. The minimum Gasteiger partial charge on any atom is -0.303 e. The van der Waals surface area contributed by atoms with E-state index in [0.29, 0.717) is 6.04 Å². The molecule has 0 spiro atoms. The van der Waals surface area contributed by atoms with Crippen LogP contribution in [0.4, 0.5) is 0 Å². The molecule has 2 aliphatic rings. The number of hydrogen-bond acceptors (Lipinski definition) is 3. The Hall–Kier alpha value is -0.0200. The zero-order chi connectivity index (χ0) is 8.23. The smallest absolute Gasteiger partial charge is 0.0612 e. The summed E-state index contributed by atoms with van der Waals surface area (Å²) in [4.78, 5) is 6.98. The average molecular weight is 184 g/mol. The van der Waals surface area contributed by atoms with Crippen molar-refractivity contribution < 1.29 is 0 Å². The van der Waals surface area contributed by atoms with Crippen LogP contribution >= 0.6 is 11.8 Å².